The second kappa shape index (κ2) is 8.62. The van der Waals surface area contributed by atoms with E-state index in [1.165, 1.54) is 6.33 Å². The summed E-state index contributed by atoms with van der Waals surface area (Å²) >= 11 is 2.21. The predicted octanol–water partition coefficient (Wildman–Crippen LogP) is 6.04. The van der Waals surface area contributed by atoms with Gasteiger partial charge < -0.3 is 10.2 Å². The predicted molar refractivity (Wildman–Crippen MR) is 128 cm³/mol. The van der Waals surface area contributed by atoms with Crippen LogP contribution < -0.4 is 10.2 Å². The van der Waals surface area contributed by atoms with Gasteiger partial charge in [0, 0.05) is 21.2 Å². The molecular formula is C22H18IN5O2. The van der Waals surface area contributed by atoms with Crippen LogP contribution in [0.15, 0.2) is 73.1 Å². The summed E-state index contributed by atoms with van der Waals surface area (Å²) in [6, 6.07) is 21.4. The molecule has 7 nitrogen and oxygen atoms in total. The van der Waals surface area contributed by atoms with Gasteiger partial charge in [0.2, 0.25) is 11.6 Å². The summed E-state index contributed by atoms with van der Waals surface area (Å²) < 4.78 is 1.07. The average molecular weight is 511 g/mol. The number of hydrogen-bond donors (Lipinski definition) is 1. The molecule has 150 valence electrons. The Morgan fingerprint density at radius 2 is 1.77 bits per heavy atom. The standard InChI is InChI=1S/C22H18IN5O2/c1-2-27(19-9-5-7-15-6-3-4-8-18(15)19)22-20(28(29)30)21(24-14-25-22)26-17-12-10-16(23)11-13-17/h3-14H,2H2,1H3,(H,24,25,26). The van der Waals surface area contributed by atoms with Crippen molar-refractivity contribution in [3.63, 3.8) is 0 Å². The molecule has 0 fully saturated rings. The van der Waals surface area contributed by atoms with E-state index in [2.05, 4.69) is 37.9 Å². The van der Waals surface area contributed by atoms with Gasteiger partial charge in [-0.05, 0) is 65.2 Å². The molecule has 1 aromatic heterocycles. The van der Waals surface area contributed by atoms with Gasteiger partial charge in [0.05, 0.1) is 10.6 Å². The van der Waals surface area contributed by atoms with Crippen LogP contribution in [0, 0.1) is 13.7 Å². The SMILES string of the molecule is CCN(c1ncnc(Nc2ccc(I)cc2)c1[N+](=O)[O-])c1cccc2ccccc12. The first-order chi connectivity index (χ1) is 14.6. The minimum absolute atomic E-state index is 0.157. The maximum absolute atomic E-state index is 12.1. The molecule has 4 rings (SSSR count). The lowest BCUT2D eigenvalue weighted by Crippen LogP contribution is -2.20. The number of rotatable bonds is 6. The second-order valence-electron chi connectivity index (χ2n) is 6.53. The van der Waals surface area contributed by atoms with E-state index in [1.807, 2.05) is 78.6 Å². The van der Waals surface area contributed by atoms with Crippen LogP contribution in [0.3, 0.4) is 0 Å². The fraction of sp³-hybridized carbons (Fsp3) is 0.0909. The van der Waals surface area contributed by atoms with E-state index in [-0.39, 0.29) is 17.3 Å². The first-order valence-electron chi connectivity index (χ1n) is 9.35. The highest BCUT2D eigenvalue weighted by Crippen LogP contribution is 2.39. The average Bonchev–Trinajstić information content (AvgIpc) is 2.76. The zero-order valence-corrected chi connectivity index (χ0v) is 18.3. The van der Waals surface area contributed by atoms with Gasteiger partial charge in [-0.1, -0.05) is 36.4 Å². The number of halogens is 1. The molecule has 0 saturated carbocycles. The Morgan fingerprint density at radius 1 is 1.03 bits per heavy atom. The number of fused-ring (bicyclic) bond motifs is 1. The van der Waals surface area contributed by atoms with Gasteiger partial charge in [-0.2, -0.15) is 0 Å². The van der Waals surface area contributed by atoms with Crippen molar-refractivity contribution in [1.29, 1.82) is 0 Å². The van der Waals surface area contributed by atoms with Crippen LogP contribution in [-0.4, -0.2) is 21.4 Å². The van der Waals surface area contributed by atoms with Crippen molar-refractivity contribution < 1.29 is 4.92 Å². The number of benzene rings is 3. The van der Waals surface area contributed by atoms with Crippen LogP contribution in [0.2, 0.25) is 0 Å². The maximum Gasteiger partial charge on any atom is 0.354 e. The van der Waals surface area contributed by atoms with E-state index in [0.717, 1.165) is 25.7 Å². The Balaban J connectivity index is 1.84. The van der Waals surface area contributed by atoms with E-state index in [9.17, 15) is 10.1 Å². The van der Waals surface area contributed by atoms with Crippen molar-refractivity contribution in [2.45, 2.75) is 6.92 Å². The molecule has 1 heterocycles. The third-order valence-electron chi connectivity index (χ3n) is 4.72. The largest absolute Gasteiger partial charge is 0.354 e. The van der Waals surface area contributed by atoms with Crippen molar-refractivity contribution >= 4 is 62.1 Å². The summed E-state index contributed by atoms with van der Waals surface area (Å²) in [6.45, 7) is 2.45. The smallest absolute Gasteiger partial charge is 0.334 e. The fourth-order valence-corrected chi connectivity index (χ4v) is 3.73. The third-order valence-corrected chi connectivity index (χ3v) is 5.44. The van der Waals surface area contributed by atoms with Gasteiger partial charge in [-0.15, -0.1) is 0 Å². The highest BCUT2D eigenvalue weighted by molar-refractivity contribution is 14.1. The molecule has 4 aromatic rings. The second-order valence-corrected chi connectivity index (χ2v) is 7.77. The van der Waals surface area contributed by atoms with Gasteiger partial charge >= 0.3 is 5.69 Å². The van der Waals surface area contributed by atoms with E-state index < -0.39 is 4.92 Å². The zero-order chi connectivity index (χ0) is 21.1. The van der Waals surface area contributed by atoms with Crippen molar-refractivity contribution in [2.24, 2.45) is 0 Å². The van der Waals surface area contributed by atoms with Crippen molar-refractivity contribution in [2.75, 3.05) is 16.8 Å². The Morgan fingerprint density at radius 3 is 2.50 bits per heavy atom. The topological polar surface area (TPSA) is 84.2 Å². The highest BCUT2D eigenvalue weighted by Gasteiger charge is 2.28. The molecule has 0 aliphatic heterocycles. The van der Waals surface area contributed by atoms with E-state index in [4.69, 9.17) is 0 Å². The van der Waals surface area contributed by atoms with Crippen LogP contribution >= 0.6 is 22.6 Å². The van der Waals surface area contributed by atoms with Gasteiger partial charge in [0.1, 0.15) is 6.33 Å². The summed E-state index contributed by atoms with van der Waals surface area (Å²) in [6.07, 6.45) is 1.35. The number of aromatic nitrogens is 2. The summed E-state index contributed by atoms with van der Waals surface area (Å²) in [4.78, 5) is 21.9. The summed E-state index contributed by atoms with van der Waals surface area (Å²) in [7, 11) is 0. The minimum Gasteiger partial charge on any atom is -0.334 e. The molecule has 0 radical (unpaired) electrons. The van der Waals surface area contributed by atoms with Crippen LogP contribution in [0.5, 0.6) is 0 Å². The Bertz CT molecular complexity index is 1210. The highest BCUT2D eigenvalue weighted by atomic mass is 127. The molecule has 0 spiro atoms. The van der Waals surface area contributed by atoms with Gasteiger partial charge in [0.25, 0.3) is 0 Å². The molecule has 0 bridgehead atoms. The number of nitrogens with one attached hydrogen (secondary N) is 1. The molecule has 8 heteroatoms. The van der Waals surface area contributed by atoms with E-state index in [1.54, 1.807) is 0 Å². The summed E-state index contributed by atoms with van der Waals surface area (Å²) in [5, 5.41) is 17.2. The quantitative estimate of drug-likeness (QED) is 0.193. The number of nitrogens with zero attached hydrogens (tertiary/aromatic N) is 4. The molecule has 0 saturated heterocycles. The summed E-state index contributed by atoms with van der Waals surface area (Å²) in [5.41, 5.74) is 1.42. The normalized spacial score (nSPS) is 10.7. The van der Waals surface area contributed by atoms with Gasteiger partial charge in [-0.25, -0.2) is 9.97 Å². The lowest BCUT2D eigenvalue weighted by atomic mass is 10.1. The lowest BCUT2D eigenvalue weighted by Gasteiger charge is -2.24. The lowest BCUT2D eigenvalue weighted by molar-refractivity contribution is -0.383. The minimum atomic E-state index is -0.432. The Hall–Kier alpha value is -3.27. The number of anilines is 4. The molecule has 0 atom stereocenters. The van der Waals surface area contributed by atoms with Crippen LogP contribution in [0.1, 0.15) is 6.92 Å². The summed E-state index contributed by atoms with van der Waals surface area (Å²) in [5.74, 6) is 0.409. The Kier molecular flexibility index (Phi) is 5.75. The molecule has 0 amide bonds. The van der Waals surface area contributed by atoms with E-state index >= 15 is 0 Å². The van der Waals surface area contributed by atoms with Crippen LogP contribution in [0.25, 0.3) is 10.8 Å². The first-order valence-corrected chi connectivity index (χ1v) is 10.4. The van der Waals surface area contributed by atoms with Crippen molar-refractivity contribution in [3.05, 3.63) is 86.7 Å². The van der Waals surface area contributed by atoms with E-state index in [0.29, 0.717) is 6.54 Å². The third kappa shape index (κ3) is 3.90. The fourth-order valence-electron chi connectivity index (χ4n) is 3.37. The molecule has 30 heavy (non-hydrogen) atoms. The number of hydrogen-bond acceptors (Lipinski definition) is 6. The molecular weight excluding hydrogens is 493 g/mol. The van der Waals surface area contributed by atoms with Gasteiger partial charge in [0.15, 0.2) is 0 Å². The maximum atomic E-state index is 12.1. The van der Waals surface area contributed by atoms with Crippen molar-refractivity contribution in [1.82, 2.24) is 9.97 Å². The first kappa shape index (κ1) is 20.0. The monoisotopic (exact) mass is 511 g/mol. The molecule has 1 N–H and O–H groups in total. The molecule has 0 unspecified atom stereocenters. The van der Waals surface area contributed by atoms with Crippen LogP contribution in [-0.2, 0) is 0 Å². The number of nitro groups is 1. The van der Waals surface area contributed by atoms with Crippen molar-refractivity contribution in [3.8, 4) is 0 Å². The van der Waals surface area contributed by atoms with Gasteiger partial charge in [-0.3, -0.25) is 10.1 Å². The molecule has 3 aromatic carbocycles. The molecule has 0 aliphatic carbocycles. The zero-order valence-electron chi connectivity index (χ0n) is 16.1. The molecule has 0 aliphatic rings. The van der Waals surface area contributed by atoms with Crippen LogP contribution in [0.4, 0.5) is 28.7 Å². The Labute approximate surface area is 187 Å².